The maximum Gasteiger partial charge on any atom is 0.185 e. The van der Waals surface area contributed by atoms with E-state index < -0.39 is 0 Å². The fourth-order valence-corrected chi connectivity index (χ4v) is 2.44. The molecule has 0 radical (unpaired) electrons. The highest BCUT2D eigenvalue weighted by Gasteiger charge is 2.05. The monoisotopic (exact) mass is 358 g/mol. The van der Waals surface area contributed by atoms with Crippen LogP contribution in [0.5, 0.6) is 5.75 Å². The number of carbonyl (C=O) groups is 1. The molecule has 88 valence electrons. The number of hydrogen-bond acceptors (Lipinski definition) is 3. The highest BCUT2D eigenvalue weighted by Crippen LogP contribution is 2.28. The molecule has 2 rings (SSSR count). The molecule has 0 saturated carbocycles. The molecule has 0 bridgehead atoms. The summed E-state index contributed by atoms with van der Waals surface area (Å²) in [6.45, 7) is 0.286. The largest absolute Gasteiger partial charge is 0.484 e. The van der Waals surface area contributed by atoms with Gasteiger partial charge in [-0.05, 0) is 46.3 Å². The van der Waals surface area contributed by atoms with Crippen LogP contribution in [0.2, 0.25) is 0 Å². The Kier molecular flexibility index (Phi) is 4.02. The summed E-state index contributed by atoms with van der Waals surface area (Å²) in [7, 11) is 0. The molecular weight excluding hydrogens is 352 g/mol. The third-order valence-electron chi connectivity index (χ3n) is 2.06. The van der Waals surface area contributed by atoms with Gasteiger partial charge in [0.1, 0.15) is 18.1 Å². The van der Waals surface area contributed by atoms with Gasteiger partial charge in [-0.15, -0.1) is 0 Å². The van der Waals surface area contributed by atoms with Gasteiger partial charge >= 0.3 is 0 Å². The zero-order valence-corrected chi connectivity index (χ0v) is 11.8. The molecule has 2 aromatic rings. The van der Waals surface area contributed by atoms with Crippen molar-refractivity contribution in [2.45, 2.75) is 6.61 Å². The molecule has 0 aliphatic heterocycles. The van der Waals surface area contributed by atoms with Crippen LogP contribution in [0.1, 0.15) is 16.3 Å². The van der Waals surface area contributed by atoms with Crippen molar-refractivity contribution in [3.63, 3.8) is 0 Å². The van der Waals surface area contributed by atoms with E-state index in [1.807, 2.05) is 18.2 Å². The van der Waals surface area contributed by atoms with Crippen molar-refractivity contribution in [1.29, 1.82) is 0 Å². The molecule has 1 aromatic carbocycles. The molecule has 17 heavy (non-hydrogen) atoms. The second kappa shape index (κ2) is 5.51. The van der Waals surface area contributed by atoms with Gasteiger partial charge in [0.05, 0.1) is 4.47 Å². The zero-order valence-electron chi connectivity index (χ0n) is 8.65. The highest BCUT2D eigenvalue weighted by molar-refractivity contribution is 9.11. The Labute approximate surface area is 115 Å². The van der Waals surface area contributed by atoms with Crippen LogP contribution < -0.4 is 4.74 Å². The van der Waals surface area contributed by atoms with E-state index in [0.29, 0.717) is 17.8 Å². The molecule has 0 aliphatic rings. The summed E-state index contributed by atoms with van der Waals surface area (Å²) in [5.41, 5.74) is 0. The summed E-state index contributed by atoms with van der Waals surface area (Å²) in [5.74, 6) is 1.64. The molecule has 0 amide bonds. The number of halogens is 2. The molecule has 5 heteroatoms. The Morgan fingerprint density at radius 2 is 2.06 bits per heavy atom. The number of ether oxygens (including phenoxy) is 1. The van der Waals surface area contributed by atoms with Gasteiger partial charge < -0.3 is 9.15 Å². The molecule has 0 atom stereocenters. The van der Waals surface area contributed by atoms with Gasteiger partial charge in [-0.1, -0.05) is 15.9 Å². The average molecular weight is 360 g/mol. The lowest BCUT2D eigenvalue weighted by atomic mass is 10.3. The van der Waals surface area contributed by atoms with E-state index >= 15 is 0 Å². The van der Waals surface area contributed by atoms with Gasteiger partial charge in [-0.3, -0.25) is 4.79 Å². The first kappa shape index (κ1) is 12.4. The van der Waals surface area contributed by atoms with E-state index in [9.17, 15) is 4.79 Å². The van der Waals surface area contributed by atoms with Crippen molar-refractivity contribution in [3.05, 3.63) is 50.8 Å². The van der Waals surface area contributed by atoms with E-state index in [2.05, 4.69) is 31.9 Å². The first-order chi connectivity index (χ1) is 8.19. The minimum Gasteiger partial charge on any atom is -0.484 e. The second-order valence-corrected chi connectivity index (χ2v) is 5.06. The van der Waals surface area contributed by atoms with Crippen LogP contribution in [0, 0.1) is 0 Å². The summed E-state index contributed by atoms with van der Waals surface area (Å²) in [4.78, 5) is 10.4. The lowest BCUT2D eigenvalue weighted by Gasteiger charge is -2.06. The van der Waals surface area contributed by atoms with E-state index in [1.165, 1.54) is 0 Å². The Morgan fingerprint density at radius 1 is 1.24 bits per heavy atom. The van der Waals surface area contributed by atoms with Crippen molar-refractivity contribution in [2.24, 2.45) is 0 Å². The Balaban J connectivity index is 2.04. The van der Waals surface area contributed by atoms with Crippen LogP contribution in [0.15, 0.2) is 43.7 Å². The molecule has 1 aromatic heterocycles. The lowest BCUT2D eigenvalue weighted by molar-refractivity contribution is 0.109. The molecule has 0 fully saturated rings. The maximum absolute atomic E-state index is 10.4. The zero-order chi connectivity index (χ0) is 12.3. The Bertz CT molecular complexity index is 534. The smallest absolute Gasteiger partial charge is 0.185 e. The molecule has 0 unspecified atom stereocenters. The average Bonchev–Trinajstić information content (AvgIpc) is 2.76. The van der Waals surface area contributed by atoms with Crippen LogP contribution in [-0.2, 0) is 6.61 Å². The quantitative estimate of drug-likeness (QED) is 0.768. The van der Waals surface area contributed by atoms with Crippen LogP contribution >= 0.6 is 31.9 Å². The van der Waals surface area contributed by atoms with E-state index in [1.54, 1.807) is 12.1 Å². The topological polar surface area (TPSA) is 39.4 Å². The van der Waals surface area contributed by atoms with Crippen LogP contribution in [0.25, 0.3) is 0 Å². The molecule has 3 nitrogen and oxygen atoms in total. The van der Waals surface area contributed by atoms with Crippen LogP contribution in [-0.4, -0.2) is 6.29 Å². The Hall–Kier alpha value is -1.07. The number of hydrogen-bond donors (Lipinski definition) is 0. The first-order valence-corrected chi connectivity index (χ1v) is 6.39. The van der Waals surface area contributed by atoms with Crippen LogP contribution in [0.3, 0.4) is 0 Å². The summed E-state index contributed by atoms with van der Waals surface area (Å²) in [5, 5.41) is 0. The number of carbonyl (C=O) groups excluding carboxylic acids is 1. The van der Waals surface area contributed by atoms with Gasteiger partial charge in [-0.2, -0.15) is 0 Å². The maximum atomic E-state index is 10.4. The summed E-state index contributed by atoms with van der Waals surface area (Å²) < 4.78 is 12.6. The number of aldehydes is 1. The van der Waals surface area contributed by atoms with E-state index in [4.69, 9.17) is 9.15 Å². The minimum atomic E-state index is 0.286. The molecule has 1 heterocycles. The summed E-state index contributed by atoms with van der Waals surface area (Å²) >= 11 is 6.76. The molecule has 0 aliphatic carbocycles. The normalized spacial score (nSPS) is 10.2. The fraction of sp³-hybridized carbons (Fsp3) is 0.0833. The molecule has 0 N–H and O–H groups in total. The number of furan rings is 1. The van der Waals surface area contributed by atoms with Crippen molar-refractivity contribution >= 4 is 38.1 Å². The molecule has 0 saturated heterocycles. The standard InChI is InChI=1S/C12H8Br2O3/c13-8-1-4-12(11(14)5-8)16-7-10-3-2-9(6-15)17-10/h1-6H,7H2. The second-order valence-electron chi connectivity index (χ2n) is 3.29. The predicted molar refractivity (Wildman–Crippen MR) is 70.3 cm³/mol. The summed E-state index contributed by atoms with van der Waals surface area (Å²) in [6.07, 6.45) is 0.666. The molecular formula is C12H8Br2O3. The fourth-order valence-electron chi connectivity index (χ4n) is 1.28. The molecule has 0 spiro atoms. The predicted octanol–water partition coefficient (Wildman–Crippen LogP) is 4.20. The van der Waals surface area contributed by atoms with Gasteiger partial charge in [0.15, 0.2) is 12.0 Å². The van der Waals surface area contributed by atoms with Gasteiger partial charge in [0.2, 0.25) is 0 Å². The lowest BCUT2D eigenvalue weighted by Crippen LogP contribution is -1.94. The third-order valence-corrected chi connectivity index (χ3v) is 3.18. The van der Waals surface area contributed by atoms with Gasteiger partial charge in [0, 0.05) is 4.47 Å². The van der Waals surface area contributed by atoms with Crippen molar-refractivity contribution in [3.8, 4) is 5.75 Å². The highest BCUT2D eigenvalue weighted by atomic mass is 79.9. The van der Waals surface area contributed by atoms with Crippen molar-refractivity contribution < 1.29 is 13.9 Å². The van der Waals surface area contributed by atoms with E-state index in [0.717, 1.165) is 14.7 Å². The Morgan fingerprint density at radius 3 is 2.71 bits per heavy atom. The minimum absolute atomic E-state index is 0.286. The van der Waals surface area contributed by atoms with Crippen molar-refractivity contribution in [2.75, 3.05) is 0 Å². The SMILES string of the molecule is O=Cc1ccc(COc2ccc(Br)cc2Br)o1. The first-order valence-electron chi connectivity index (χ1n) is 4.81. The summed E-state index contributed by atoms with van der Waals surface area (Å²) in [6, 6.07) is 8.96. The van der Waals surface area contributed by atoms with E-state index in [-0.39, 0.29) is 6.61 Å². The van der Waals surface area contributed by atoms with Gasteiger partial charge in [0.25, 0.3) is 0 Å². The third kappa shape index (κ3) is 3.20. The van der Waals surface area contributed by atoms with Crippen molar-refractivity contribution in [1.82, 2.24) is 0 Å². The van der Waals surface area contributed by atoms with Gasteiger partial charge in [-0.25, -0.2) is 0 Å². The van der Waals surface area contributed by atoms with Crippen LogP contribution in [0.4, 0.5) is 0 Å². The number of benzene rings is 1. The number of rotatable bonds is 4.